The molecule has 0 atom stereocenters. The number of benzene rings is 2. The van der Waals surface area contributed by atoms with E-state index in [1.165, 1.54) is 0 Å². The molecule has 126 valence electrons. The molecule has 0 aliphatic carbocycles. The van der Waals surface area contributed by atoms with Gasteiger partial charge in [-0.3, -0.25) is 4.79 Å². The molecule has 2 aromatic carbocycles. The van der Waals surface area contributed by atoms with Gasteiger partial charge in [-0.2, -0.15) is 0 Å². The third-order valence-electron chi connectivity index (χ3n) is 5.69. The summed E-state index contributed by atoms with van der Waals surface area (Å²) in [6, 6.07) is 16.0. The van der Waals surface area contributed by atoms with Gasteiger partial charge in [-0.15, -0.1) is 0 Å². The van der Waals surface area contributed by atoms with E-state index in [9.17, 15) is 4.79 Å². The second kappa shape index (κ2) is 6.78. The van der Waals surface area contributed by atoms with Crippen molar-refractivity contribution in [2.75, 3.05) is 26.2 Å². The van der Waals surface area contributed by atoms with Gasteiger partial charge in [0.05, 0.1) is 43.8 Å². The first-order valence-electron chi connectivity index (χ1n) is 9.01. The molecule has 0 fully saturated rings. The normalized spacial score (nSPS) is 12.1. The van der Waals surface area contributed by atoms with Crippen molar-refractivity contribution in [2.45, 2.75) is 27.3 Å². The maximum Gasteiger partial charge on any atom is 0.197 e. The Labute approximate surface area is 143 Å². The van der Waals surface area contributed by atoms with Crippen molar-refractivity contribution >= 4 is 21.8 Å². The summed E-state index contributed by atoms with van der Waals surface area (Å²) in [6.07, 6.45) is 0. The van der Waals surface area contributed by atoms with Crippen LogP contribution in [-0.4, -0.2) is 35.2 Å². The van der Waals surface area contributed by atoms with Crippen LogP contribution in [0, 0.1) is 0 Å². The molecular weight excluding hydrogens is 296 g/mol. The van der Waals surface area contributed by atoms with Gasteiger partial charge in [0.25, 0.3) is 0 Å². The minimum atomic E-state index is 0.139. The number of likely N-dealkylation sites (N-methyl/N-ethyl adjacent to an activating group) is 1. The minimum Gasteiger partial charge on any atom is -0.335 e. The van der Waals surface area contributed by atoms with Crippen molar-refractivity contribution in [3.8, 4) is 0 Å². The van der Waals surface area contributed by atoms with Crippen LogP contribution in [-0.2, 0) is 6.54 Å². The smallest absolute Gasteiger partial charge is 0.197 e. The van der Waals surface area contributed by atoms with E-state index in [0.717, 1.165) is 59.0 Å². The highest BCUT2D eigenvalue weighted by atomic mass is 16.1. The SMILES string of the molecule is CC[N+](CC)(CC)CCn1c2ccccc2c(=O)c2ccccc21. The van der Waals surface area contributed by atoms with E-state index in [1.807, 2.05) is 36.4 Å². The summed E-state index contributed by atoms with van der Waals surface area (Å²) in [5.74, 6) is 0. The molecule has 0 bridgehead atoms. The number of para-hydroxylation sites is 2. The zero-order chi connectivity index (χ0) is 17.2. The average molecular weight is 323 g/mol. The number of quaternary nitrogens is 1. The summed E-state index contributed by atoms with van der Waals surface area (Å²) in [7, 11) is 0. The number of fused-ring (bicyclic) bond motifs is 2. The standard InChI is InChI=1S/C21H27N2O/c1-4-23(5-2,6-3)16-15-22-19-13-9-7-11-17(19)21(24)18-12-8-10-14-20(18)22/h7-14H,4-6,15-16H2,1-3H3/q+1. The van der Waals surface area contributed by atoms with Crippen LogP contribution in [0.4, 0.5) is 0 Å². The molecule has 0 radical (unpaired) electrons. The number of hydrogen-bond donors (Lipinski definition) is 0. The van der Waals surface area contributed by atoms with E-state index in [4.69, 9.17) is 0 Å². The lowest BCUT2D eigenvalue weighted by Gasteiger charge is -2.36. The molecule has 3 heteroatoms. The first-order valence-corrected chi connectivity index (χ1v) is 9.01. The fourth-order valence-electron chi connectivity index (χ4n) is 3.78. The van der Waals surface area contributed by atoms with Crippen LogP contribution in [0.25, 0.3) is 21.8 Å². The summed E-state index contributed by atoms with van der Waals surface area (Å²) < 4.78 is 3.44. The molecule has 3 aromatic rings. The molecular formula is C21H27N2O+. The second-order valence-electron chi connectivity index (χ2n) is 6.53. The summed E-state index contributed by atoms with van der Waals surface area (Å²) >= 11 is 0. The van der Waals surface area contributed by atoms with Crippen LogP contribution in [0.15, 0.2) is 53.3 Å². The third-order valence-corrected chi connectivity index (χ3v) is 5.69. The minimum absolute atomic E-state index is 0.139. The Morgan fingerprint density at radius 3 is 1.71 bits per heavy atom. The van der Waals surface area contributed by atoms with E-state index in [2.05, 4.69) is 37.5 Å². The number of nitrogens with zero attached hydrogens (tertiary/aromatic N) is 2. The van der Waals surface area contributed by atoms with Gasteiger partial charge in [0, 0.05) is 10.8 Å². The molecule has 0 aliphatic heterocycles. The van der Waals surface area contributed by atoms with E-state index in [-0.39, 0.29) is 5.43 Å². The number of hydrogen-bond acceptors (Lipinski definition) is 1. The van der Waals surface area contributed by atoms with Gasteiger partial charge in [0.2, 0.25) is 0 Å². The van der Waals surface area contributed by atoms with Crippen LogP contribution in [0.3, 0.4) is 0 Å². The fourth-order valence-corrected chi connectivity index (χ4v) is 3.78. The summed E-state index contributed by atoms with van der Waals surface area (Å²) in [5.41, 5.74) is 2.23. The zero-order valence-electron chi connectivity index (χ0n) is 15.0. The van der Waals surface area contributed by atoms with Gasteiger partial charge in [-0.05, 0) is 45.0 Å². The molecule has 3 rings (SSSR count). The molecule has 0 amide bonds. The van der Waals surface area contributed by atoms with Gasteiger partial charge >= 0.3 is 0 Å². The average Bonchev–Trinajstić information content (AvgIpc) is 2.65. The lowest BCUT2D eigenvalue weighted by atomic mass is 10.1. The Morgan fingerprint density at radius 1 is 0.792 bits per heavy atom. The fraction of sp³-hybridized carbons (Fsp3) is 0.381. The number of rotatable bonds is 6. The van der Waals surface area contributed by atoms with Crippen LogP contribution in [0.2, 0.25) is 0 Å². The highest BCUT2D eigenvalue weighted by molar-refractivity contribution is 5.93. The summed E-state index contributed by atoms with van der Waals surface area (Å²) in [5, 5.41) is 1.64. The Bertz CT molecular complexity index is 838. The lowest BCUT2D eigenvalue weighted by molar-refractivity contribution is -0.923. The molecule has 24 heavy (non-hydrogen) atoms. The molecule has 0 spiro atoms. The predicted molar refractivity (Wildman–Crippen MR) is 102 cm³/mol. The van der Waals surface area contributed by atoms with Crippen molar-refractivity contribution in [1.82, 2.24) is 4.57 Å². The predicted octanol–water partition coefficient (Wildman–Crippen LogP) is 4.03. The van der Waals surface area contributed by atoms with Gasteiger partial charge in [0.15, 0.2) is 5.43 Å². The van der Waals surface area contributed by atoms with Crippen LogP contribution in [0.1, 0.15) is 20.8 Å². The molecule has 0 saturated heterocycles. The second-order valence-corrected chi connectivity index (χ2v) is 6.53. The Hall–Kier alpha value is -2.13. The monoisotopic (exact) mass is 323 g/mol. The van der Waals surface area contributed by atoms with Crippen molar-refractivity contribution in [3.63, 3.8) is 0 Å². The molecule has 1 heterocycles. The Morgan fingerprint density at radius 2 is 1.25 bits per heavy atom. The first kappa shape index (κ1) is 16.7. The molecule has 3 nitrogen and oxygen atoms in total. The molecule has 1 aromatic heterocycles. The number of aromatic nitrogens is 1. The largest absolute Gasteiger partial charge is 0.335 e. The van der Waals surface area contributed by atoms with Crippen molar-refractivity contribution in [3.05, 3.63) is 58.8 Å². The highest BCUT2D eigenvalue weighted by Crippen LogP contribution is 2.20. The quantitative estimate of drug-likeness (QED) is 0.496. The van der Waals surface area contributed by atoms with Crippen LogP contribution < -0.4 is 5.43 Å². The molecule has 0 unspecified atom stereocenters. The maximum absolute atomic E-state index is 12.8. The number of pyridine rings is 1. The van der Waals surface area contributed by atoms with Crippen LogP contribution >= 0.6 is 0 Å². The van der Waals surface area contributed by atoms with Gasteiger partial charge < -0.3 is 9.05 Å². The topological polar surface area (TPSA) is 22.0 Å². The van der Waals surface area contributed by atoms with E-state index in [0.29, 0.717) is 0 Å². The summed E-state index contributed by atoms with van der Waals surface area (Å²) in [4.78, 5) is 12.8. The van der Waals surface area contributed by atoms with E-state index in [1.54, 1.807) is 0 Å². The first-order chi connectivity index (χ1) is 11.7. The van der Waals surface area contributed by atoms with Gasteiger partial charge in [-0.1, -0.05) is 24.3 Å². The van der Waals surface area contributed by atoms with E-state index >= 15 is 0 Å². The van der Waals surface area contributed by atoms with Gasteiger partial charge in [0.1, 0.15) is 0 Å². The van der Waals surface area contributed by atoms with Crippen molar-refractivity contribution < 1.29 is 4.48 Å². The Kier molecular flexibility index (Phi) is 4.72. The molecule has 0 saturated carbocycles. The lowest BCUT2D eigenvalue weighted by Crippen LogP contribution is -2.49. The molecule has 0 aliphatic rings. The Balaban J connectivity index is 2.18. The van der Waals surface area contributed by atoms with Crippen molar-refractivity contribution in [1.29, 1.82) is 0 Å². The summed E-state index contributed by atoms with van der Waals surface area (Å²) in [6.45, 7) is 12.3. The van der Waals surface area contributed by atoms with E-state index < -0.39 is 0 Å². The van der Waals surface area contributed by atoms with Gasteiger partial charge in [-0.25, -0.2) is 0 Å². The van der Waals surface area contributed by atoms with Crippen LogP contribution in [0.5, 0.6) is 0 Å². The molecule has 0 N–H and O–H groups in total. The zero-order valence-corrected chi connectivity index (χ0v) is 15.0. The third kappa shape index (κ3) is 2.73. The van der Waals surface area contributed by atoms with Crippen molar-refractivity contribution in [2.24, 2.45) is 0 Å². The maximum atomic E-state index is 12.8. The highest BCUT2D eigenvalue weighted by Gasteiger charge is 2.21.